The van der Waals surface area contributed by atoms with Gasteiger partial charge in [-0.05, 0) is 22.0 Å². The minimum atomic E-state index is -0.873. The van der Waals surface area contributed by atoms with E-state index in [0.717, 1.165) is 0 Å². The molecule has 13 heavy (non-hydrogen) atoms. The first-order valence-electron chi connectivity index (χ1n) is 3.42. The first-order chi connectivity index (χ1) is 5.66. The van der Waals surface area contributed by atoms with E-state index in [9.17, 15) is 8.78 Å². The standard InChI is InChI=1S/C8H8BrF2N.ClH/c9-6-3-1-2-5(8(6)11)7(12)4-10;/h1-3,7H,4,12H2;1H/t7-;/m0./s1. The smallest absolute Gasteiger partial charge is 0.142 e. The second kappa shape index (κ2) is 5.52. The number of nitrogens with two attached hydrogens (primary N) is 1. The first-order valence-corrected chi connectivity index (χ1v) is 4.21. The van der Waals surface area contributed by atoms with Crippen molar-refractivity contribution < 1.29 is 8.78 Å². The van der Waals surface area contributed by atoms with Crippen LogP contribution in [0.2, 0.25) is 0 Å². The predicted octanol–water partition coefficient (Wildman–Crippen LogP) is 2.98. The summed E-state index contributed by atoms with van der Waals surface area (Å²) in [6.07, 6.45) is 0. The zero-order chi connectivity index (χ0) is 9.14. The topological polar surface area (TPSA) is 26.0 Å². The average Bonchev–Trinajstić information content (AvgIpc) is 2.08. The number of benzene rings is 1. The molecule has 0 saturated heterocycles. The third-order valence-electron chi connectivity index (χ3n) is 1.55. The third-order valence-corrected chi connectivity index (χ3v) is 2.16. The van der Waals surface area contributed by atoms with Crippen molar-refractivity contribution in [1.82, 2.24) is 0 Å². The molecule has 0 unspecified atom stereocenters. The Labute approximate surface area is 89.9 Å². The SMILES string of the molecule is Cl.N[C@@H](CF)c1cccc(Br)c1F. The lowest BCUT2D eigenvalue weighted by molar-refractivity contribution is 0.426. The first kappa shape index (κ1) is 12.8. The van der Waals surface area contributed by atoms with E-state index in [0.29, 0.717) is 4.47 Å². The van der Waals surface area contributed by atoms with Crippen molar-refractivity contribution in [2.45, 2.75) is 6.04 Å². The van der Waals surface area contributed by atoms with E-state index >= 15 is 0 Å². The predicted molar refractivity (Wildman–Crippen MR) is 54.3 cm³/mol. The van der Waals surface area contributed by atoms with Crippen LogP contribution >= 0.6 is 28.3 Å². The Morgan fingerprint density at radius 3 is 2.62 bits per heavy atom. The fourth-order valence-electron chi connectivity index (χ4n) is 0.890. The summed E-state index contributed by atoms with van der Waals surface area (Å²) in [6, 6.07) is 3.77. The average molecular weight is 273 g/mol. The molecule has 0 aliphatic rings. The van der Waals surface area contributed by atoms with Gasteiger partial charge < -0.3 is 5.73 Å². The van der Waals surface area contributed by atoms with Crippen LogP contribution < -0.4 is 5.73 Å². The van der Waals surface area contributed by atoms with E-state index in [1.165, 1.54) is 6.07 Å². The Balaban J connectivity index is 0.00000144. The molecule has 0 aliphatic carbocycles. The molecule has 0 heterocycles. The van der Waals surface area contributed by atoms with Crippen LogP contribution in [0.25, 0.3) is 0 Å². The van der Waals surface area contributed by atoms with Crippen molar-refractivity contribution >= 4 is 28.3 Å². The molecule has 5 heteroatoms. The van der Waals surface area contributed by atoms with Crippen LogP contribution in [0.15, 0.2) is 22.7 Å². The number of rotatable bonds is 2. The van der Waals surface area contributed by atoms with E-state index in [-0.39, 0.29) is 18.0 Å². The van der Waals surface area contributed by atoms with E-state index < -0.39 is 18.5 Å². The number of hydrogen-bond donors (Lipinski definition) is 1. The number of halogens is 4. The molecule has 0 amide bonds. The highest BCUT2D eigenvalue weighted by Crippen LogP contribution is 2.22. The van der Waals surface area contributed by atoms with Gasteiger partial charge in [0.05, 0.1) is 10.5 Å². The molecule has 0 saturated carbocycles. The Kier molecular flexibility index (Phi) is 5.44. The minimum absolute atomic E-state index is 0. The lowest BCUT2D eigenvalue weighted by atomic mass is 10.1. The minimum Gasteiger partial charge on any atom is -0.322 e. The summed E-state index contributed by atoms with van der Waals surface area (Å²) < 4.78 is 25.5. The molecule has 2 N–H and O–H groups in total. The zero-order valence-corrected chi connectivity index (χ0v) is 9.04. The highest BCUT2D eigenvalue weighted by molar-refractivity contribution is 9.10. The van der Waals surface area contributed by atoms with Crippen LogP contribution in [-0.4, -0.2) is 6.67 Å². The molecule has 0 bridgehead atoms. The molecule has 1 nitrogen and oxygen atoms in total. The van der Waals surface area contributed by atoms with Gasteiger partial charge in [0.25, 0.3) is 0 Å². The molecule has 1 aromatic rings. The summed E-state index contributed by atoms with van der Waals surface area (Å²) in [5.41, 5.74) is 5.53. The van der Waals surface area contributed by atoms with Gasteiger partial charge in [0.1, 0.15) is 12.5 Å². The summed E-state index contributed by atoms with van der Waals surface area (Å²) in [6.45, 7) is -0.757. The van der Waals surface area contributed by atoms with Gasteiger partial charge in [-0.1, -0.05) is 12.1 Å². The van der Waals surface area contributed by atoms with Crippen LogP contribution in [0.3, 0.4) is 0 Å². The van der Waals surface area contributed by atoms with Crippen LogP contribution in [0.4, 0.5) is 8.78 Å². The quantitative estimate of drug-likeness (QED) is 0.880. The highest BCUT2D eigenvalue weighted by Gasteiger charge is 2.12. The fraction of sp³-hybridized carbons (Fsp3) is 0.250. The van der Waals surface area contributed by atoms with Gasteiger partial charge in [-0.2, -0.15) is 0 Å². The van der Waals surface area contributed by atoms with Crippen molar-refractivity contribution in [1.29, 1.82) is 0 Å². The third kappa shape index (κ3) is 2.90. The maximum Gasteiger partial charge on any atom is 0.142 e. The molecular formula is C8H9BrClF2N. The van der Waals surface area contributed by atoms with Gasteiger partial charge in [0.15, 0.2) is 0 Å². The number of hydrogen-bond acceptors (Lipinski definition) is 1. The van der Waals surface area contributed by atoms with Crippen LogP contribution in [0, 0.1) is 5.82 Å². The highest BCUT2D eigenvalue weighted by atomic mass is 79.9. The largest absolute Gasteiger partial charge is 0.322 e. The lowest BCUT2D eigenvalue weighted by Gasteiger charge is -2.08. The van der Waals surface area contributed by atoms with Gasteiger partial charge in [-0.15, -0.1) is 12.4 Å². The second-order valence-electron chi connectivity index (χ2n) is 2.40. The van der Waals surface area contributed by atoms with Gasteiger partial charge in [0, 0.05) is 5.56 Å². The van der Waals surface area contributed by atoms with Crippen LogP contribution in [0.1, 0.15) is 11.6 Å². The Morgan fingerprint density at radius 2 is 2.08 bits per heavy atom. The summed E-state index contributed by atoms with van der Waals surface area (Å²) in [4.78, 5) is 0. The molecule has 1 atom stereocenters. The van der Waals surface area contributed by atoms with E-state index in [4.69, 9.17) is 5.73 Å². The molecule has 1 aromatic carbocycles. The van der Waals surface area contributed by atoms with E-state index in [1.54, 1.807) is 12.1 Å². The Hall–Kier alpha value is -0.190. The number of alkyl halides is 1. The van der Waals surface area contributed by atoms with Crippen LogP contribution in [-0.2, 0) is 0 Å². The molecule has 0 fully saturated rings. The molecule has 0 aliphatic heterocycles. The second-order valence-corrected chi connectivity index (χ2v) is 3.26. The molecule has 0 spiro atoms. The summed E-state index contributed by atoms with van der Waals surface area (Å²) in [7, 11) is 0. The van der Waals surface area contributed by atoms with Gasteiger partial charge in [-0.3, -0.25) is 0 Å². The fourth-order valence-corrected chi connectivity index (χ4v) is 1.27. The Bertz CT molecular complexity index is 283. The summed E-state index contributed by atoms with van der Waals surface area (Å²) in [5, 5.41) is 0. The van der Waals surface area contributed by atoms with Crippen molar-refractivity contribution in [3.05, 3.63) is 34.1 Å². The van der Waals surface area contributed by atoms with Gasteiger partial charge >= 0.3 is 0 Å². The summed E-state index contributed by atoms with van der Waals surface area (Å²) in [5.74, 6) is -0.484. The maximum atomic E-state index is 13.1. The molecular weight excluding hydrogens is 263 g/mol. The maximum absolute atomic E-state index is 13.1. The Morgan fingerprint density at radius 1 is 1.46 bits per heavy atom. The van der Waals surface area contributed by atoms with Crippen molar-refractivity contribution in [2.75, 3.05) is 6.67 Å². The molecule has 0 aromatic heterocycles. The lowest BCUT2D eigenvalue weighted by Crippen LogP contribution is -2.14. The molecule has 74 valence electrons. The van der Waals surface area contributed by atoms with Crippen molar-refractivity contribution in [3.63, 3.8) is 0 Å². The normalized spacial score (nSPS) is 12.0. The molecule has 0 radical (unpaired) electrons. The molecule has 1 rings (SSSR count). The van der Waals surface area contributed by atoms with Crippen molar-refractivity contribution in [2.24, 2.45) is 5.73 Å². The van der Waals surface area contributed by atoms with E-state index in [2.05, 4.69) is 15.9 Å². The van der Waals surface area contributed by atoms with Gasteiger partial charge in [-0.25, -0.2) is 8.78 Å². The zero-order valence-electron chi connectivity index (χ0n) is 6.64. The van der Waals surface area contributed by atoms with Crippen LogP contribution in [0.5, 0.6) is 0 Å². The monoisotopic (exact) mass is 271 g/mol. The van der Waals surface area contributed by atoms with Gasteiger partial charge in [0.2, 0.25) is 0 Å². The van der Waals surface area contributed by atoms with Crippen molar-refractivity contribution in [3.8, 4) is 0 Å². The summed E-state index contributed by atoms with van der Waals surface area (Å²) >= 11 is 2.99. The van der Waals surface area contributed by atoms with E-state index in [1.807, 2.05) is 0 Å².